The molecule has 0 saturated carbocycles. The van der Waals surface area contributed by atoms with Gasteiger partial charge >= 0.3 is 0 Å². The molecule has 0 aliphatic rings. The van der Waals surface area contributed by atoms with Crippen LogP contribution >= 0.6 is 0 Å². The van der Waals surface area contributed by atoms with Gasteiger partial charge in [0.1, 0.15) is 5.78 Å². The molecule has 2 aromatic rings. The van der Waals surface area contributed by atoms with Gasteiger partial charge in [0.2, 0.25) is 0 Å². The number of rotatable bonds is 5. The molecule has 0 saturated heterocycles. The van der Waals surface area contributed by atoms with Crippen LogP contribution in [0.1, 0.15) is 42.3 Å². The van der Waals surface area contributed by atoms with Crippen LogP contribution in [-0.2, 0) is 16.6 Å². The standard InChI is InChI=1S/C19H20O2/c1-14(20)16-11-9-15(10-12-16)13-18(21)19(2,3)17-7-5-4-6-8-17/h4-12H,13H2,1-3H3. The Morgan fingerprint density at radius 3 is 2.00 bits per heavy atom. The van der Waals surface area contributed by atoms with E-state index in [1.165, 1.54) is 0 Å². The molecule has 0 heterocycles. The van der Waals surface area contributed by atoms with E-state index in [0.29, 0.717) is 12.0 Å². The number of carbonyl (C=O) groups is 2. The predicted molar refractivity (Wildman–Crippen MR) is 84.6 cm³/mol. The Balaban J connectivity index is 2.15. The second kappa shape index (κ2) is 6.04. The van der Waals surface area contributed by atoms with Crippen molar-refractivity contribution in [1.82, 2.24) is 0 Å². The van der Waals surface area contributed by atoms with Gasteiger partial charge in [-0.15, -0.1) is 0 Å². The molecule has 0 amide bonds. The molecule has 0 radical (unpaired) electrons. The molecule has 0 bridgehead atoms. The highest BCUT2D eigenvalue weighted by Gasteiger charge is 2.29. The van der Waals surface area contributed by atoms with Crippen LogP contribution in [0.15, 0.2) is 54.6 Å². The molecule has 0 aromatic heterocycles. The van der Waals surface area contributed by atoms with Crippen LogP contribution in [0.4, 0.5) is 0 Å². The molecule has 108 valence electrons. The molecule has 2 aromatic carbocycles. The van der Waals surface area contributed by atoms with Gasteiger partial charge in [0.15, 0.2) is 5.78 Å². The molecule has 2 rings (SSSR count). The van der Waals surface area contributed by atoms with Gasteiger partial charge in [0, 0.05) is 17.4 Å². The number of hydrogen-bond donors (Lipinski definition) is 0. The maximum absolute atomic E-state index is 12.6. The molecule has 0 atom stereocenters. The van der Waals surface area contributed by atoms with E-state index >= 15 is 0 Å². The predicted octanol–water partition coefficient (Wildman–Crippen LogP) is 3.98. The summed E-state index contributed by atoms with van der Waals surface area (Å²) in [5.74, 6) is 0.210. The zero-order valence-corrected chi connectivity index (χ0v) is 12.7. The molecule has 21 heavy (non-hydrogen) atoms. The van der Waals surface area contributed by atoms with Crippen LogP contribution in [0.5, 0.6) is 0 Å². The van der Waals surface area contributed by atoms with Gasteiger partial charge in [-0.1, -0.05) is 54.6 Å². The van der Waals surface area contributed by atoms with Crippen molar-refractivity contribution in [3.05, 3.63) is 71.3 Å². The summed E-state index contributed by atoms with van der Waals surface area (Å²) >= 11 is 0. The van der Waals surface area contributed by atoms with Crippen molar-refractivity contribution in [2.75, 3.05) is 0 Å². The topological polar surface area (TPSA) is 34.1 Å². The van der Waals surface area contributed by atoms with Crippen molar-refractivity contribution in [2.24, 2.45) is 0 Å². The molecular formula is C19H20O2. The summed E-state index contributed by atoms with van der Waals surface area (Å²) in [6.45, 7) is 5.45. The summed E-state index contributed by atoms with van der Waals surface area (Å²) in [5.41, 5.74) is 2.12. The normalized spacial score (nSPS) is 11.2. The average molecular weight is 280 g/mol. The second-order valence-corrected chi connectivity index (χ2v) is 5.84. The van der Waals surface area contributed by atoms with Crippen molar-refractivity contribution in [3.8, 4) is 0 Å². The van der Waals surface area contributed by atoms with E-state index in [4.69, 9.17) is 0 Å². The van der Waals surface area contributed by atoms with Gasteiger partial charge in [-0.05, 0) is 31.9 Å². The highest BCUT2D eigenvalue weighted by Crippen LogP contribution is 2.25. The molecular weight excluding hydrogens is 260 g/mol. The highest BCUT2D eigenvalue weighted by atomic mass is 16.1. The number of hydrogen-bond acceptors (Lipinski definition) is 2. The van der Waals surface area contributed by atoms with Crippen LogP contribution in [-0.4, -0.2) is 11.6 Å². The van der Waals surface area contributed by atoms with Gasteiger partial charge in [-0.2, -0.15) is 0 Å². The van der Waals surface area contributed by atoms with Crippen molar-refractivity contribution in [3.63, 3.8) is 0 Å². The lowest BCUT2D eigenvalue weighted by Crippen LogP contribution is -2.30. The van der Waals surface area contributed by atoms with Crippen molar-refractivity contribution >= 4 is 11.6 Å². The van der Waals surface area contributed by atoms with E-state index < -0.39 is 5.41 Å². The van der Waals surface area contributed by atoms with Gasteiger partial charge in [-0.3, -0.25) is 9.59 Å². The molecule has 0 unspecified atom stereocenters. The maximum Gasteiger partial charge on any atom is 0.159 e. The summed E-state index contributed by atoms with van der Waals surface area (Å²) in [6, 6.07) is 17.1. The fourth-order valence-corrected chi connectivity index (χ4v) is 2.28. The summed E-state index contributed by atoms with van der Waals surface area (Å²) in [5, 5.41) is 0. The minimum Gasteiger partial charge on any atom is -0.298 e. The van der Waals surface area contributed by atoms with Gasteiger partial charge in [-0.25, -0.2) is 0 Å². The Kier molecular flexibility index (Phi) is 4.37. The van der Waals surface area contributed by atoms with E-state index in [-0.39, 0.29) is 11.6 Å². The Labute approximate surface area is 125 Å². The second-order valence-electron chi connectivity index (χ2n) is 5.84. The van der Waals surface area contributed by atoms with Gasteiger partial charge < -0.3 is 0 Å². The van der Waals surface area contributed by atoms with Crippen molar-refractivity contribution < 1.29 is 9.59 Å². The third kappa shape index (κ3) is 3.46. The first kappa shape index (κ1) is 15.2. The van der Waals surface area contributed by atoms with E-state index in [1.807, 2.05) is 56.3 Å². The zero-order chi connectivity index (χ0) is 15.5. The zero-order valence-electron chi connectivity index (χ0n) is 12.7. The largest absolute Gasteiger partial charge is 0.298 e. The Morgan fingerprint density at radius 2 is 1.48 bits per heavy atom. The molecule has 0 N–H and O–H groups in total. The lowest BCUT2D eigenvalue weighted by atomic mass is 9.78. The summed E-state index contributed by atoms with van der Waals surface area (Å²) in [7, 11) is 0. The van der Waals surface area contributed by atoms with Crippen LogP contribution in [0, 0.1) is 0 Å². The van der Waals surface area contributed by atoms with E-state index in [0.717, 1.165) is 11.1 Å². The van der Waals surface area contributed by atoms with E-state index in [1.54, 1.807) is 19.1 Å². The first-order valence-electron chi connectivity index (χ1n) is 7.10. The number of carbonyl (C=O) groups excluding carboxylic acids is 2. The van der Waals surface area contributed by atoms with Gasteiger partial charge in [0.25, 0.3) is 0 Å². The quantitative estimate of drug-likeness (QED) is 0.776. The molecule has 0 spiro atoms. The summed E-state index contributed by atoms with van der Waals surface area (Å²) < 4.78 is 0. The minimum absolute atomic E-state index is 0.0393. The third-order valence-corrected chi connectivity index (χ3v) is 3.92. The first-order valence-corrected chi connectivity index (χ1v) is 7.10. The Morgan fingerprint density at radius 1 is 0.905 bits per heavy atom. The van der Waals surface area contributed by atoms with E-state index in [9.17, 15) is 9.59 Å². The number of Topliss-reactive ketones (excluding diaryl/α,β-unsaturated/α-hetero) is 2. The summed E-state index contributed by atoms with van der Waals surface area (Å²) in [4.78, 5) is 23.8. The fraction of sp³-hybridized carbons (Fsp3) is 0.263. The third-order valence-electron chi connectivity index (χ3n) is 3.92. The lowest BCUT2D eigenvalue weighted by molar-refractivity contribution is -0.122. The van der Waals surface area contributed by atoms with Gasteiger partial charge in [0.05, 0.1) is 0 Å². The summed E-state index contributed by atoms with van der Waals surface area (Å²) in [6.07, 6.45) is 0.375. The molecule has 2 nitrogen and oxygen atoms in total. The fourth-order valence-electron chi connectivity index (χ4n) is 2.28. The van der Waals surface area contributed by atoms with Crippen LogP contribution < -0.4 is 0 Å². The SMILES string of the molecule is CC(=O)c1ccc(CC(=O)C(C)(C)c2ccccc2)cc1. The van der Waals surface area contributed by atoms with E-state index in [2.05, 4.69) is 0 Å². The number of ketones is 2. The van der Waals surface area contributed by atoms with Crippen LogP contribution in [0.3, 0.4) is 0 Å². The molecule has 2 heteroatoms. The van der Waals surface area contributed by atoms with Crippen molar-refractivity contribution in [1.29, 1.82) is 0 Å². The molecule has 0 aliphatic carbocycles. The van der Waals surface area contributed by atoms with Crippen LogP contribution in [0.2, 0.25) is 0 Å². The molecule has 0 fully saturated rings. The van der Waals surface area contributed by atoms with Crippen molar-refractivity contribution in [2.45, 2.75) is 32.6 Å². The first-order chi connectivity index (χ1) is 9.91. The smallest absolute Gasteiger partial charge is 0.159 e. The highest BCUT2D eigenvalue weighted by molar-refractivity contribution is 5.94. The van der Waals surface area contributed by atoms with Crippen LogP contribution in [0.25, 0.3) is 0 Å². The Bertz CT molecular complexity index is 637. The minimum atomic E-state index is -0.513. The Hall–Kier alpha value is -2.22. The monoisotopic (exact) mass is 280 g/mol. The molecule has 0 aliphatic heterocycles. The maximum atomic E-state index is 12.6. The lowest BCUT2D eigenvalue weighted by Gasteiger charge is -2.23. The number of benzene rings is 2. The average Bonchev–Trinajstić information content (AvgIpc) is 2.48.